The van der Waals surface area contributed by atoms with E-state index in [0.29, 0.717) is 5.69 Å². The summed E-state index contributed by atoms with van der Waals surface area (Å²) >= 11 is 0. The van der Waals surface area contributed by atoms with Crippen LogP contribution in [-0.2, 0) is 9.59 Å². The topological polar surface area (TPSA) is 123 Å². The van der Waals surface area contributed by atoms with Gasteiger partial charge in [0.25, 0.3) is 17.5 Å². The predicted molar refractivity (Wildman–Crippen MR) is 116 cm³/mol. The number of carbonyl (C=O) groups is 3. The third-order valence-corrected chi connectivity index (χ3v) is 5.13. The highest BCUT2D eigenvalue weighted by molar-refractivity contribution is 6.39. The van der Waals surface area contributed by atoms with Crippen molar-refractivity contribution in [1.82, 2.24) is 5.32 Å². The van der Waals surface area contributed by atoms with E-state index in [0.717, 1.165) is 16.0 Å². The van der Waals surface area contributed by atoms with E-state index in [-0.39, 0.29) is 28.3 Å². The zero-order chi connectivity index (χ0) is 23.0. The molecule has 1 fully saturated rings. The normalized spacial score (nSPS) is 15.2. The number of imide groups is 2. The van der Waals surface area contributed by atoms with Crippen LogP contribution in [0, 0.1) is 24.0 Å². The molecule has 32 heavy (non-hydrogen) atoms. The monoisotopic (exact) mass is 431 g/mol. The zero-order valence-electron chi connectivity index (χ0n) is 17.1. The highest BCUT2D eigenvalue weighted by Gasteiger charge is 2.37. The van der Waals surface area contributed by atoms with Crippen LogP contribution in [0.4, 0.5) is 16.2 Å². The van der Waals surface area contributed by atoms with Crippen LogP contribution in [0.25, 0.3) is 17.4 Å². The number of rotatable bonds is 4. The minimum absolute atomic E-state index is 0.131. The van der Waals surface area contributed by atoms with Gasteiger partial charge in [-0.3, -0.25) is 25.0 Å². The van der Waals surface area contributed by atoms with E-state index in [2.05, 4.69) is 5.32 Å². The van der Waals surface area contributed by atoms with Crippen molar-refractivity contribution >= 4 is 35.3 Å². The lowest BCUT2D eigenvalue weighted by Crippen LogP contribution is -2.54. The number of hydrogen-bond acceptors (Lipinski definition) is 6. The largest absolute Gasteiger partial charge is 0.456 e. The van der Waals surface area contributed by atoms with Crippen molar-refractivity contribution < 1.29 is 23.7 Å². The summed E-state index contributed by atoms with van der Waals surface area (Å²) in [5.74, 6) is -1.32. The summed E-state index contributed by atoms with van der Waals surface area (Å²) in [6.07, 6.45) is 1.20. The standard InChI is InChI=1S/C23H17N3O6/c1-13-7-8-15(11-14(13)2)25-22(28)18(21(27)24-23(25)29)12-16-9-10-20(32-16)17-5-3-4-6-19(17)26(30)31/h3-12H,1-2H3,(H,24,27,29)/b18-12-. The molecule has 0 unspecified atom stereocenters. The lowest BCUT2D eigenvalue weighted by Gasteiger charge is -2.26. The Morgan fingerprint density at radius 2 is 1.75 bits per heavy atom. The first-order chi connectivity index (χ1) is 15.3. The van der Waals surface area contributed by atoms with Gasteiger partial charge in [0.1, 0.15) is 17.1 Å². The van der Waals surface area contributed by atoms with E-state index in [1.165, 1.54) is 36.4 Å². The average Bonchev–Trinajstić information content (AvgIpc) is 3.22. The van der Waals surface area contributed by atoms with Crippen LogP contribution in [0.1, 0.15) is 16.9 Å². The molecule has 1 aromatic heterocycles. The minimum atomic E-state index is -0.858. The van der Waals surface area contributed by atoms with Crippen molar-refractivity contribution in [2.24, 2.45) is 0 Å². The molecule has 0 bridgehead atoms. The van der Waals surface area contributed by atoms with Gasteiger partial charge >= 0.3 is 6.03 Å². The van der Waals surface area contributed by atoms with Crippen LogP contribution in [-0.4, -0.2) is 22.8 Å². The van der Waals surface area contributed by atoms with Crippen LogP contribution >= 0.6 is 0 Å². The number of carbonyl (C=O) groups excluding carboxylic acids is 3. The molecule has 1 saturated heterocycles. The fourth-order valence-electron chi connectivity index (χ4n) is 3.32. The van der Waals surface area contributed by atoms with Crippen LogP contribution < -0.4 is 10.2 Å². The maximum absolute atomic E-state index is 13.0. The molecule has 9 heteroatoms. The van der Waals surface area contributed by atoms with E-state index in [9.17, 15) is 24.5 Å². The Hall–Kier alpha value is -4.53. The third-order valence-electron chi connectivity index (χ3n) is 5.13. The van der Waals surface area contributed by atoms with Gasteiger partial charge in [0.05, 0.1) is 16.2 Å². The summed E-state index contributed by atoms with van der Waals surface area (Å²) in [4.78, 5) is 49.4. The van der Waals surface area contributed by atoms with Gasteiger partial charge in [-0.15, -0.1) is 0 Å². The van der Waals surface area contributed by atoms with Crippen LogP contribution in [0.15, 0.2) is 64.6 Å². The average molecular weight is 431 g/mol. The van der Waals surface area contributed by atoms with Gasteiger partial charge in [0, 0.05) is 6.07 Å². The molecule has 160 valence electrons. The molecular formula is C23H17N3O6. The number of nitrogens with one attached hydrogen (secondary N) is 1. The second-order valence-electron chi connectivity index (χ2n) is 7.20. The Labute approximate surface area is 182 Å². The molecular weight excluding hydrogens is 414 g/mol. The van der Waals surface area contributed by atoms with Crippen LogP contribution in [0.3, 0.4) is 0 Å². The van der Waals surface area contributed by atoms with E-state index >= 15 is 0 Å². The number of anilines is 1. The molecule has 9 nitrogen and oxygen atoms in total. The summed E-state index contributed by atoms with van der Waals surface area (Å²) < 4.78 is 5.65. The number of aryl methyl sites for hydroxylation is 2. The molecule has 1 aliphatic rings. The second-order valence-corrected chi connectivity index (χ2v) is 7.20. The van der Waals surface area contributed by atoms with Gasteiger partial charge in [-0.25, -0.2) is 9.69 Å². The third kappa shape index (κ3) is 3.67. The van der Waals surface area contributed by atoms with Crippen molar-refractivity contribution in [2.45, 2.75) is 13.8 Å². The quantitative estimate of drug-likeness (QED) is 0.287. The number of para-hydroxylation sites is 1. The molecule has 4 amide bonds. The molecule has 0 spiro atoms. The molecule has 0 atom stereocenters. The number of benzene rings is 2. The molecule has 1 N–H and O–H groups in total. The molecule has 2 heterocycles. The molecule has 4 rings (SSSR count). The minimum Gasteiger partial charge on any atom is -0.456 e. The fourth-order valence-corrected chi connectivity index (χ4v) is 3.32. The number of nitro groups is 1. The van der Waals surface area contributed by atoms with E-state index in [4.69, 9.17) is 4.42 Å². The molecule has 0 aliphatic carbocycles. The Kier molecular flexibility index (Phi) is 5.15. The zero-order valence-corrected chi connectivity index (χ0v) is 17.1. The maximum Gasteiger partial charge on any atom is 0.335 e. The van der Waals surface area contributed by atoms with Gasteiger partial charge in [0.15, 0.2) is 0 Å². The molecule has 3 aromatic rings. The molecule has 2 aromatic carbocycles. The summed E-state index contributed by atoms with van der Waals surface area (Å²) in [6, 6.07) is 13.3. The number of nitro benzene ring substituents is 1. The summed E-state index contributed by atoms with van der Waals surface area (Å²) in [5, 5.41) is 13.4. The summed E-state index contributed by atoms with van der Waals surface area (Å²) in [7, 11) is 0. The van der Waals surface area contributed by atoms with Crippen LogP contribution in [0.5, 0.6) is 0 Å². The Balaban J connectivity index is 1.70. The van der Waals surface area contributed by atoms with E-state index in [1.807, 2.05) is 13.8 Å². The van der Waals surface area contributed by atoms with Gasteiger partial charge in [-0.2, -0.15) is 0 Å². The number of barbiturate groups is 1. The predicted octanol–water partition coefficient (Wildman–Crippen LogP) is 4.14. The van der Waals surface area contributed by atoms with Gasteiger partial charge < -0.3 is 4.42 Å². The first-order valence-corrected chi connectivity index (χ1v) is 9.58. The number of hydrogen-bond donors (Lipinski definition) is 1. The Bertz CT molecular complexity index is 1320. The van der Waals surface area contributed by atoms with Gasteiger partial charge in [-0.1, -0.05) is 18.2 Å². The highest BCUT2D eigenvalue weighted by Crippen LogP contribution is 2.32. The lowest BCUT2D eigenvalue weighted by molar-refractivity contribution is -0.384. The molecule has 0 radical (unpaired) electrons. The first-order valence-electron chi connectivity index (χ1n) is 9.58. The number of nitrogens with zero attached hydrogens (tertiary/aromatic N) is 2. The van der Waals surface area contributed by atoms with Crippen molar-refractivity contribution in [1.29, 1.82) is 0 Å². The summed E-state index contributed by atoms with van der Waals surface area (Å²) in [6.45, 7) is 3.75. The van der Waals surface area contributed by atoms with E-state index in [1.54, 1.807) is 24.3 Å². The van der Waals surface area contributed by atoms with Crippen molar-refractivity contribution in [2.75, 3.05) is 4.90 Å². The number of furan rings is 1. The van der Waals surface area contributed by atoms with Crippen molar-refractivity contribution in [3.8, 4) is 11.3 Å². The summed E-state index contributed by atoms with van der Waals surface area (Å²) in [5.41, 5.74) is 2.02. The highest BCUT2D eigenvalue weighted by atomic mass is 16.6. The van der Waals surface area contributed by atoms with Crippen molar-refractivity contribution in [3.63, 3.8) is 0 Å². The smallest absolute Gasteiger partial charge is 0.335 e. The first kappa shape index (κ1) is 20.7. The van der Waals surface area contributed by atoms with Crippen molar-refractivity contribution in [3.05, 3.63) is 87.2 Å². The Morgan fingerprint density at radius 1 is 1.00 bits per heavy atom. The molecule has 1 aliphatic heterocycles. The number of amides is 4. The maximum atomic E-state index is 13.0. The lowest BCUT2D eigenvalue weighted by atomic mass is 10.1. The molecule has 0 saturated carbocycles. The Morgan fingerprint density at radius 3 is 2.47 bits per heavy atom. The second kappa shape index (κ2) is 7.95. The number of urea groups is 1. The van der Waals surface area contributed by atoms with Gasteiger partial charge in [0.2, 0.25) is 0 Å². The van der Waals surface area contributed by atoms with E-state index < -0.39 is 22.8 Å². The SMILES string of the molecule is Cc1ccc(N2C(=O)NC(=O)/C(=C/c3ccc(-c4ccccc4[N+](=O)[O-])o3)C2=O)cc1C. The fraction of sp³-hybridized carbons (Fsp3) is 0.0870. The van der Waals surface area contributed by atoms with Crippen LogP contribution in [0.2, 0.25) is 0 Å². The van der Waals surface area contributed by atoms with Gasteiger partial charge in [-0.05, 0) is 61.4 Å².